The monoisotopic (exact) mass is 415 g/mol. The lowest BCUT2D eigenvalue weighted by Gasteiger charge is -2.24. The van der Waals surface area contributed by atoms with Crippen LogP contribution in [-0.4, -0.2) is 25.1 Å². The number of methoxy groups -OCH3 is 1. The summed E-state index contributed by atoms with van der Waals surface area (Å²) in [6, 6.07) is 13.8. The highest BCUT2D eigenvalue weighted by Gasteiger charge is 2.25. The van der Waals surface area contributed by atoms with E-state index in [4.69, 9.17) is 24.4 Å². The molecule has 0 bridgehead atoms. The summed E-state index contributed by atoms with van der Waals surface area (Å²) in [7, 11) is 1.59. The van der Waals surface area contributed by atoms with Crippen LogP contribution >= 0.6 is 0 Å². The Labute approximate surface area is 179 Å². The number of nitrogens with one attached hydrogen (secondary N) is 1. The number of hydrogen-bond acceptors (Lipinski definition) is 6. The Hall–Kier alpha value is -3.92. The maximum atomic E-state index is 9.88. The summed E-state index contributed by atoms with van der Waals surface area (Å²) in [4.78, 5) is 0. The molecule has 5 rings (SSSR count). The van der Waals surface area contributed by atoms with Gasteiger partial charge in [-0.15, -0.1) is 0 Å². The van der Waals surface area contributed by atoms with Crippen molar-refractivity contribution >= 4 is 0 Å². The Morgan fingerprint density at radius 1 is 1.10 bits per heavy atom. The molecule has 0 spiro atoms. The first-order valence-corrected chi connectivity index (χ1v) is 10.1. The van der Waals surface area contributed by atoms with Crippen LogP contribution in [0.3, 0.4) is 0 Å². The zero-order chi connectivity index (χ0) is 21.5. The van der Waals surface area contributed by atoms with Crippen molar-refractivity contribution in [2.75, 3.05) is 20.5 Å². The van der Waals surface area contributed by atoms with Crippen molar-refractivity contribution in [3.8, 4) is 51.5 Å². The fourth-order valence-electron chi connectivity index (χ4n) is 4.24. The topological polar surface area (TPSA) is 89.5 Å². The second kappa shape index (κ2) is 7.40. The number of pyridine rings is 1. The first-order valence-electron chi connectivity index (χ1n) is 10.1. The standard InChI is InChI=1S/C24H21N3O4/c1-3-29-21-8-14(4-5-20(21)28-2)16-10-19-17-11-23-22(30-13-31-23)9-15(17)6-7-27(19)24(26)18(16)12-25/h4-5,8-11,26H,3,6-7,13H2,1-2H3. The molecule has 1 N–H and O–H groups in total. The van der Waals surface area contributed by atoms with Crippen LogP contribution in [0.4, 0.5) is 0 Å². The molecule has 0 atom stereocenters. The second-order valence-corrected chi connectivity index (χ2v) is 7.34. The minimum atomic E-state index is 0.201. The predicted octanol–water partition coefficient (Wildman–Crippen LogP) is 3.87. The number of aryl methyl sites for hydroxylation is 1. The van der Waals surface area contributed by atoms with Crippen LogP contribution < -0.4 is 24.4 Å². The predicted molar refractivity (Wildman–Crippen MR) is 113 cm³/mol. The van der Waals surface area contributed by atoms with Crippen molar-refractivity contribution in [2.45, 2.75) is 19.9 Å². The van der Waals surface area contributed by atoms with E-state index >= 15 is 0 Å². The first kappa shape index (κ1) is 19.1. The highest BCUT2D eigenvalue weighted by molar-refractivity contribution is 5.79. The SMILES string of the molecule is CCOc1cc(-c2cc3n(c(=N)c2C#N)CCc2cc4c(cc2-3)OCO4)ccc1OC. The van der Waals surface area contributed by atoms with Crippen molar-refractivity contribution in [2.24, 2.45) is 0 Å². The molecule has 156 valence electrons. The van der Waals surface area contributed by atoms with E-state index in [1.165, 1.54) is 0 Å². The number of hydrogen-bond donors (Lipinski definition) is 1. The quantitative estimate of drug-likeness (QED) is 0.699. The Bertz CT molecular complexity index is 1300. The number of benzene rings is 2. The van der Waals surface area contributed by atoms with Gasteiger partial charge < -0.3 is 23.5 Å². The maximum Gasteiger partial charge on any atom is 0.231 e. The number of ether oxygens (including phenoxy) is 4. The van der Waals surface area contributed by atoms with E-state index in [0.29, 0.717) is 41.5 Å². The zero-order valence-electron chi connectivity index (χ0n) is 17.3. The van der Waals surface area contributed by atoms with Gasteiger partial charge in [0.2, 0.25) is 6.79 Å². The van der Waals surface area contributed by atoms with Gasteiger partial charge in [0, 0.05) is 17.7 Å². The Kier molecular flexibility index (Phi) is 4.55. The first-order chi connectivity index (χ1) is 15.1. The average molecular weight is 415 g/mol. The van der Waals surface area contributed by atoms with Crippen molar-refractivity contribution < 1.29 is 18.9 Å². The van der Waals surface area contributed by atoms with E-state index < -0.39 is 0 Å². The lowest BCUT2D eigenvalue weighted by molar-refractivity contribution is 0.174. The van der Waals surface area contributed by atoms with E-state index in [0.717, 1.165) is 34.6 Å². The summed E-state index contributed by atoms with van der Waals surface area (Å²) in [6.07, 6.45) is 0.761. The Morgan fingerprint density at radius 2 is 1.90 bits per heavy atom. The second-order valence-electron chi connectivity index (χ2n) is 7.34. The van der Waals surface area contributed by atoms with Gasteiger partial charge in [-0.2, -0.15) is 5.26 Å². The van der Waals surface area contributed by atoms with E-state index in [9.17, 15) is 5.26 Å². The summed E-state index contributed by atoms with van der Waals surface area (Å²) in [5.74, 6) is 2.68. The summed E-state index contributed by atoms with van der Waals surface area (Å²) < 4.78 is 24.1. The molecule has 0 radical (unpaired) electrons. The number of nitriles is 1. The van der Waals surface area contributed by atoms with Crippen LogP contribution in [0.5, 0.6) is 23.0 Å². The molecule has 2 aromatic carbocycles. The lowest BCUT2D eigenvalue weighted by Crippen LogP contribution is -2.28. The van der Waals surface area contributed by atoms with Crippen LogP contribution in [0.25, 0.3) is 22.4 Å². The van der Waals surface area contributed by atoms with Gasteiger partial charge in [0.25, 0.3) is 0 Å². The Morgan fingerprint density at radius 3 is 2.65 bits per heavy atom. The van der Waals surface area contributed by atoms with Crippen molar-refractivity contribution in [3.05, 3.63) is 53.0 Å². The van der Waals surface area contributed by atoms with Crippen LogP contribution in [0.2, 0.25) is 0 Å². The largest absolute Gasteiger partial charge is 0.493 e. The molecule has 0 saturated heterocycles. The van der Waals surface area contributed by atoms with Gasteiger partial charge in [-0.25, -0.2) is 0 Å². The highest BCUT2D eigenvalue weighted by Crippen LogP contribution is 2.42. The van der Waals surface area contributed by atoms with Gasteiger partial charge in [-0.1, -0.05) is 6.07 Å². The minimum absolute atomic E-state index is 0.201. The third kappa shape index (κ3) is 2.99. The van der Waals surface area contributed by atoms with Gasteiger partial charge in [-0.05, 0) is 54.8 Å². The van der Waals surface area contributed by atoms with Gasteiger partial charge >= 0.3 is 0 Å². The number of aromatic nitrogens is 1. The zero-order valence-corrected chi connectivity index (χ0v) is 17.3. The van der Waals surface area contributed by atoms with Gasteiger partial charge in [0.1, 0.15) is 17.1 Å². The molecule has 0 amide bonds. The van der Waals surface area contributed by atoms with Crippen molar-refractivity contribution in [1.82, 2.24) is 4.57 Å². The summed E-state index contributed by atoms with van der Waals surface area (Å²) in [6.45, 7) is 3.25. The van der Waals surface area contributed by atoms with Crippen LogP contribution in [0, 0.1) is 16.7 Å². The van der Waals surface area contributed by atoms with Gasteiger partial charge in [0.15, 0.2) is 23.0 Å². The number of fused-ring (bicyclic) bond motifs is 4. The average Bonchev–Trinajstić information content (AvgIpc) is 3.25. The van der Waals surface area contributed by atoms with Crippen LogP contribution in [0.1, 0.15) is 18.1 Å². The van der Waals surface area contributed by atoms with Crippen LogP contribution in [0.15, 0.2) is 36.4 Å². The summed E-state index contributed by atoms with van der Waals surface area (Å²) in [5.41, 5.74) is 5.04. The van der Waals surface area contributed by atoms with Crippen molar-refractivity contribution in [1.29, 1.82) is 10.7 Å². The minimum Gasteiger partial charge on any atom is -0.493 e. The molecule has 7 nitrogen and oxygen atoms in total. The molecule has 0 fully saturated rings. The molecule has 31 heavy (non-hydrogen) atoms. The molecule has 2 aliphatic rings. The van der Waals surface area contributed by atoms with E-state index in [1.807, 2.05) is 47.9 Å². The van der Waals surface area contributed by atoms with Crippen LogP contribution in [-0.2, 0) is 13.0 Å². The van der Waals surface area contributed by atoms with E-state index in [2.05, 4.69) is 6.07 Å². The molecular weight excluding hydrogens is 394 g/mol. The third-order valence-electron chi connectivity index (χ3n) is 5.71. The molecule has 3 aromatic rings. The molecule has 3 heterocycles. The molecule has 0 saturated carbocycles. The van der Waals surface area contributed by atoms with E-state index in [-0.39, 0.29) is 12.3 Å². The molecule has 2 aliphatic heterocycles. The molecule has 1 aromatic heterocycles. The lowest BCUT2D eigenvalue weighted by atomic mass is 9.92. The third-order valence-corrected chi connectivity index (χ3v) is 5.71. The molecule has 0 unspecified atom stereocenters. The molecule has 7 heteroatoms. The molecule has 0 aliphatic carbocycles. The fourth-order valence-corrected chi connectivity index (χ4v) is 4.24. The smallest absolute Gasteiger partial charge is 0.231 e. The Balaban J connectivity index is 1.73. The van der Waals surface area contributed by atoms with Gasteiger partial charge in [-0.3, -0.25) is 5.41 Å². The number of nitrogens with zero attached hydrogens (tertiary/aromatic N) is 2. The maximum absolute atomic E-state index is 9.88. The van der Waals surface area contributed by atoms with E-state index in [1.54, 1.807) is 7.11 Å². The number of rotatable bonds is 4. The molecular formula is C24H21N3O4. The highest BCUT2D eigenvalue weighted by atomic mass is 16.7. The van der Waals surface area contributed by atoms with Crippen molar-refractivity contribution in [3.63, 3.8) is 0 Å². The van der Waals surface area contributed by atoms with Gasteiger partial charge in [0.05, 0.1) is 19.4 Å². The summed E-state index contributed by atoms with van der Waals surface area (Å²) in [5, 5.41) is 18.6. The summed E-state index contributed by atoms with van der Waals surface area (Å²) >= 11 is 0. The fraction of sp³-hybridized carbons (Fsp3) is 0.250. The normalized spacial score (nSPS) is 13.2.